The number of carbonyl (C=O) groups is 1. The summed E-state index contributed by atoms with van der Waals surface area (Å²) in [5.74, 6) is -14.2. The molecule has 126 valence electrons. The van der Waals surface area contributed by atoms with Gasteiger partial charge in [0.15, 0.2) is 0 Å². The number of rotatable bonds is 3. The summed E-state index contributed by atoms with van der Waals surface area (Å²) in [6.45, 7) is 0. The average Bonchev–Trinajstić information content (AvgIpc) is 2.72. The van der Waals surface area contributed by atoms with Crippen molar-refractivity contribution in [1.29, 1.82) is 0 Å². The molecule has 0 aliphatic rings. The fraction of sp³-hybridized carbons (Fsp3) is 0.308. The maximum Gasteiger partial charge on any atom is 0.460 e. The number of aromatic carboxylic acids is 1. The zero-order chi connectivity index (χ0) is 17.8. The van der Waals surface area contributed by atoms with Crippen LogP contribution in [-0.2, 0) is 13.0 Å². The smallest absolute Gasteiger partial charge is 0.460 e. The van der Waals surface area contributed by atoms with Crippen molar-refractivity contribution in [3.63, 3.8) is 0 Å². The summed E-state index contributed by atoms with van der Waals surface area (Å²) in [7, 11) is 0.796. The van der Waals surface area contributed by atoms with E-state index >= 15 is 0 Å². The minimum Gasteiger partial charge on any atom is -0.478 e. The highest BCUT2D eigenvalue weighted by atomic mass is 19.4. The number of alkyl halides is 7. The molecule has 0 saturated carbocycles. The Morgan fingerprint density at radius 2 is 1.57 bits per heavy atom. The van der Waals surface area contributed by atoms with Crippen LogP contribution in [0.4, 0.5) is 30.7 Å². The van der Waals surface area contributed by atoms with Gasteiger partial charge in [-0.3, -0.25) is 0 Å². The van der Waals surface area contributed by atoms with Crippen molar-refractivity contribution in [1.82, 2.24) is 4.57 Å². The van der Waals surface area contributed by atoms with Crippen LogP contribution in [0.3, 0.4) is 0 Å². The monoisotopic (exact) mass is 343 g/mol. The Hall–Kier alpha value is -2.26. The number of benzene rings is 1. The van der Waals surface area contributed by atoms with E-state index in [1.807, 2.05) is 0 Å². The molecule has 23 heavy (non-hydrogen) atoms. The Bertz CT molecular complexity index is 776. The first kappa shape index (κ1) is 17.1. The first-order valence-corrected chi connectivity index (χ1v) is 5.97. The van der Waals surface area contributed by atoms with Crippen LogP contribution in [0, 0.1) is 0 Å². The second-order valence-electron chi connectivity index (χ2n) is 4.75. The molecule has 0 spiro atoms. The number of hydrogen-bond donors (Lipinski definition) is 1. The summed E-state index contributed by atoms with van der Waals surface area (Å²) in [6.07, 6.45) is -6.55. The van der Waals surface area contributed by atoms with Crippen LogP contribution in [0.25, 0.3) is 10.9 Å². The largest absolute Gasteiger partial charge is 0.478 e. The summed E-state index contributed by atoms with van der Waals surface area (Å²) >= 11 is 0. The molecule has 0 radical (unpaired) electrons. The third-order valence-corrected chi connectivity index (χ3v) is 3.37. The van der Waals surface area contributed by atoms with Crippen LogP contribution in [0.15, 0.2) is 24.3 Å². The lowest BCUT2D eigenvalue weighted by molar-refractivity contribution is -0.360. The second kappa shape index (κ2) is 4.87. The maximum absolute atomic E-state index is 14.0. The molecule has 0 amide bonds. The lowest BCUT2D eigenvalue weighted by atomic mass is 10.0. The number of aromatic nitrogens is 1. The van der Waals surface area contributed by atoms with Crippen molar-refractivity contribution in [2.45, 2.75) is 18.0 Å². The van der Waals surface area contributed by atoms with Gasteiger partial charge < -0.3 is 9.67 Å². The molecule has 2 rings (SSSR count). The van der Waals surface area contributed by atoms with Gasteiger partial charge in [-0.2, -0.15) is 30.7 Å². The SMILES string of the molecule is Cn1c(C(F)(F)C(F)(F)C(F)(F)F)c(C(=O)O)c2ccccc21. The minimum absolute atomic E-state index is 0.211. The van der Waals surface area contributed by atoms with Crippen LogP contribution in [0.1, 0.15) is 16.1 Å². The molecule has 0 atom stereocenters. The Morgan fingerprint density at radius 3 is 2.04 bits per heavy atom. The molecule has 0 saturated heterocycles. The fourth-order valence-corrected chi connectivity index (χ4v) is 2.30. The molecule has 3 nitrogen and oxygen atoms in total. The van der Waals surface area contributed by atoms with Crippen molar-refractivity contribution >= 4 is 16.9 Å². The predicted molar refractivity (Wildman–Crippen MR) is 64.8 cm³/mol. The van der Waals surface area contributed by atoms with Crippen molar-refractivity contribution in [2.24, 2.45) is 7.05 Å². The molecule has 0 aliphatic heterocycles. The Kier molecular flexibility index (Phi) is 3.62. The number of fused-ring (bicyclic) bond motifs is 1. The zero-order valence-electron chi connectivity index (χ0n) is 11.3. The third-order valence-electron chi connectivity index (χ3n) is 3.37. The quantitative estimate of drug-likeness (QED) is 0.850. The lowest BCUT2D eigenvalue weighted by Crippen LogP contribution is -2.51. The molecule has 1 aromatic carbocycles. The van der Waals surface area contributed by atoms with Gasteiger partial charge in [0.2, 0.25) is 0 Å². The van der Waals surface area contributed by atoms with Gasteiger partial charge in [0, 0.05) is 18.0 Å². The molecule has 1 heterocycles. The Balaban J connectivity index is 2.90. The highest BCUT2D eigenvalue weighted by molar-refractivity contribution is 6.05. The molecular weight excluding hydrogens is 335 g/mol. The fourth-order valence-electron chi connectivity index (χ4n) is 2.30. The second-order valence-corrected chi connectivity index (χ2v) is 4.75. The van der Waals surface area contributed by atoms with Gasteiger partial charge in [-0.25, -0.2) is 4.79 Å². The summed E-state index contributed by atoms with van der Waals surface area (Å²) in [4.78, 5) is 11.2. The summed E-state index contributed by atoms with van der Waals surface area (Å²) in [5.41, 5.74) is -3.41. The summed E-state index contributed by atoms with van der Waals surface area (Å²) < 4.78 is 91.9. The van der Waals surface area contributed by atoms with E-state index in [1.165, 1.54) is 12.1 Å². The normalized spacial score (nSPS) is 13.6. The van der Waals surface area contributed by atoms with Gasteiger partial charge in [0.1, 0.15) is 5.69 Å². The Labute approximate surface area is 123 Å². The minimum atomic E-state index is -6.55. The maximum atomic E-state index is 14.0. The molecule has 0 aliphatic carbocycles. The number of aryl methyl sites for hydroxylation is 1. The van der Waals surface area contributed by atoms with E-state index in [1.54, 1.807) is 0 Å². The Morgan fingerprint density at radius 1 is 1.04 bits per heavy atom. The average molecular weight is 343 g/mol. The van der Waals surface area contributed by atoms with Gasteiger partial charge in [0.05, 0.1) is 5.56 Å². The van der Waals surface area contributed by atoms with Crippen LogP contribution in [0.5, 0.6) is 0 Å². The van der Waals surface area contributed by atoms with Crippen LogP contribution >= 0.6 is 0 Å². The van der Waals surface area contributed by atoms with Crippen LogP contribution in [-0.4, -0.2) is 27.7 Å². The van der Waals surface area contributed by atoms with E-state index in [0.717, 1.165) is 19.2 Å². The van der Waals surface area contributed by atoms with Gasteiger partial charge in [-0.15, -0.1) is 0 Å². The highest BCUT2D eigenvalue weighted by Gasteiger charge is 2.75. The highest BCUT2D eigenvalue weighted by Crippen LogP contribution is 2.53. The molecule has 1 N–H and O–H groups in total. The third kappa shape index (κ3) is 2.23. The molecule has 2 aromatic rings. The first-order valence-electron chi connectivity index (χ1n) is 5.97. The number of carboxylic acids is 1. The van der Waals surface area contributed by atoms with E-state index < -0.39 is 35.2 Å². The van der Waals surface area contributed by atoms with Gasteiger partial charge in [-0.05, 0) is 6.07 Å². The topological polar surface area (TPSA) is 42.2 Å². The molecule has 0 bridgehead atoms. The molecule has 0 unspecified atom stereocenters. The summed E-state index contributed by atoms with van der Waals surface area (Å²) in [5, 5.41) is 8.67. The van der Waals surface area contributed by atoms with Crippen molar-refractivity contribution < 1.29 is 40.6 Å². The van der Waals surface area contributed by atoms with E-state index in [9.17, 15) is 35.5 Å². The number of para-hydroxylation sites is 1. The van der Waals surface area contributed by atoms with Gasteiger partial charge >= 0.3 is 24.0 Å². The molecule has 0 fully saturated rings. The number of carboxylic acid groups (broad SMARTS) is 1. The molecule has 1 aromatic heterocycles. The predicted octanol–water partition coefficient (Wildman–Crippen LogP) is 4.17. The van der Waals surface area contributed by atoms with Crippen molar-refractivity contribution in [3.05, 3.63) is 35.5 Å². The zero-order valence-corrected chi connectivity index (χ0v) is 11.3. The lowest BCUT2D eigenvalue weighted by Gasteiger charge is -2.29. The van der Waals surface area contributed by atoms with Crippen molar-refractivity contribution in [3.8, 4) is 0 Å². The van der Waals surface area contributed by atoms with E-state index in [0.29, 0.717) is 4.57 Å². The molecular formula is C13H8F7NO2. The number of hydrogen-bond acceptors (Lipinski definition) is 1. The first-order chi connectivity index (χ1) is 10.3. The number of nitrogens with zero attached hydrogens (tertiary/aromatic N) is 1. The van der Waals surface area contributed by atoms with Crippen LogP contribution < -0.4 is 0 Å². The van der Waals surface area contributed by atoms with Gasteiger partial charge in [-0.1, -0.05) is 18.2 Å². The van der Waals surface area contributed by atoms with Gasteiger partial charge in [0.25, 0.3) is 0 Å². The number of halogens is 7. The van der Waals surface area contributed by atoms with E-state index in [4.69, 9.17) is 5.11 Å². The summed E-state index contributed by atoms with van der Waals surface area (Å²) in [6, 6.07) is 4.73. The van der Waals surface area contributed by atoms with Crippen molar-refractivity contribution in [2.75, 3.05) is 0 Å². The molecule has 10 heteroatoms. The van der Waals surface area contributed by atoms with E-state index in [-0.39, 0.29) is 10.9 Å². The van der Waals surface area contributed by atoms with Crippen LogP contribution in [0.2, 0.25) is 0 Å². The van der Waals surface area contributed by atoms with E-state index in [2.05, 4.69) is 0 Å². The standard InChI is InChI=1S/C13H8F7NO2/c1-21-7-5-3-2-4-6(7)8(10(22)23)9(21)11(14,15)12(16,17)13(18,19)20/h2-5H,1H3,(H,22,23).